The van der Waals surface area contributed by atoms with Gasteiger partial charge in [0.15, 0.2) is 0 Å². The summed E-state index contributed by atoms with van der Waals surface area (Å²) in [7, 11) is 0. The van der Waals surface area contributed by atoms with Gasteiger partial charge >= 0.3 is 127 Å². The van der Waals surface area contributed by atoms with Crippen LogP contribution in [0.2, 0.25) is 4.82 Å². The first-order valence-electron chi connectivity index (χ1n) is 6.92. The average molecular weight is 331 g/mol. The Hall–Kier alpha value is -1.50. The molecule has 0 radical (unpaired) electrons. The van der Waals surface area contributed by atoms with Crippen molar-refractivity contribution in [3.05, 3.63) is 78.6 Å². The number of benzene rings is 2. The van der Waals surface area contributed by atoms with Crippen molar-refractivity contribution >= 4 is 19.4 Å². The molecule has 0 N–H and O–H groups in total. The first kappa shape index (κ1) is 14.9. The van der Waals surface area contributed by atoms with Crippen molar-refractivity contribution in [3.63, 3.8) is 0 Å². The van der Waals surface area contributed by atoms with Crippen LogP contribution in [0.1, 0.15) is 12.5 Å². The van der Waals surface area contributed by atoms with E-state index < -0.39 is 0 Å². The standard InChI is InChI=1S/C18H20OSe/c1-2-19-14-13-18(15-16-9-5-3-6-10-16)20-17-11-7-4-8-12-17/h3-14,18H,2,15H2,1H3/b14-13-. The molecule has 2 heteroatoms. The molecule has 104 valence electrons. The number of ether oxygens (including phenoxy) is 1. The third-order valence-electron chi connectivity index (χ3n) is 2.87. The molecule has 0 amide bonds. The van der Waals surface area contributed by atoms with Crippen LogP contribution < -0.4 is 4.46 Å². The summed E-state index contributed by atoms with van der Waals surface area (Å²) in [5.41, 5.74) is 1.39. The quantitative estimate of drug-likeness (QED) is 0.556. The monoisotopic (exact) mass is 332 g/mol. The van der Waals surface area contributed by atoms with Gasteiger partial charge in [0.1, 0.15) is 0 Å². The van der Waals surface area contributed by atoms with Crippen LogP contribution in [0.15, 0.2) is 73.0 Å². The number of rotatable bonds is 7. The Kier molecular flexibility index (Phi) is 6.43. The fraction of sp³-hybridized carbons (Fsp3) is 0.222. The molecule has 0 saturated heterocycles. The van der Waals surface area contributed by atoms with Crippen molar-refractivity contribution in [2.24, 2.45) is 0 Å². The zero-order chi connectivity index (χ0) is 14.0. The van der Waals surface area contributed by atoms with Gasteiger partial charge in [-0.3, -0.25) is 0 Å². The third-order valence-corrected chi connectivity index (χ3v) is 5.32. The molecule has 0 aromatic heterocycles. The van der Waals surface area contributed by atoms with E-state index in [9.17, 15) is 0 Å². The average Bonchev–Trinajstić information content (AvgIpc) is 2.49. The van der Waals surface area contributed by atoms with Gasteiger partial charge in [-0.25, -0.2) is 0 Å². The van der Waals surface area contributed by atoms with Gasteiger partial charge in [0, 0.05) is 0 Å². The van der Waals surface area contributed by atoms with Gasteiger partial charge in [-0.05, 0) is 0 Å². The van der Waals surface area contributed by atoms with Gasteiger partial charge in [0.05, 0.1) is 0 Å². The van der Waals surface area contributed by atoms with Crippen LogP contribution in [0, 0.1) is 0 Å². The van der Waals surface area contributed by atoms with Gasteiger partial charge in [-0.1, -0.05) is 0 Å². The van der Waals surface area contributed by atoms with Crippen LogP contribution in [0.4, 0.5) is 0 Å². The number of hydrogen-bond acceptors (Lipinski definition) is 1. The first-order chi connectivity index (χ1) is 9.88. The van der Waals surface area contributed by atoms with E-state index in [2.05, 4.69) is 66.7 Å². The second-order valence-corrected chi connectivity index (χ2v) is 7.20. The summed E-state index contributed by atoms with van der Waals surface area (Å²) >= 11 is 0.421. The van der Waals surface area contributed by atoms with E-state index in [1.165, 1.54) is 10.0 Å². The molecule has 0 heterocycles. The second-order valence-electron chi connectivity index (χ2n) is 4.44. The molecule has 2 rings (SSSR count). The third kappa shape index (κ3) is 5.24. The van der Waals surface area contributed by atoms with Crippen molar-refractivity contribution in [3.8, 4) is 0 Å². The molecule has 0 aliphatic carbocycles. The van der Waals surface area contributed by atoms with E-state index in [0.29, 0.717) is 19.8 Å². The van der Waals surface area contributed by atoms with Crippen molar-refractivity contribution < 1.29 is 4.74 Å². The van der Waals surface area contributed by atoms with Crippen LogP contribution in [-0.4, -0.2) is 21.6 Å². The molecule has 20 heavy (non-hydrogen) atoms. The summed E-state index contributed by atoms with van der Waals surface area (Å²) in [6, 6.07) is 21.4. The van der Waals surface area contributed by atoms with Gasteiger partial charge in [-0.15, -0.1) is 0 Å². The van der Waals surface area contributed by atoms with E-state index in [1.807, 2.05) is 13.2 Å². The van der Waals surface area contributed by atoms with Gasteiger partial charge in [-0.2, -0.15) is 0 Å². The summed E-state index contributed by atoms with van der Waals surface area (Å²) in [5, 5.41) is 0. The second kappa shape index (κ2) is 8.63. The Balaban J connectivity index is 2.04. The van der Waals surface area contributed by atoms with E-state index in [1.54, 1.807) is 0 Å². The Labute approximate surface area is 127 Å². The summed E-state index contributed by atoms with van der Waals surface area (Å²) in [6.45, 7) is 2.74. The van der Waals surface area contributed by atoms with E-state index in [0.717, 1.165) is 13.0 Å². The Bertz CT molecular complexity index is 466. The minimum atomic E-state index is 0.421. The van der Waals surface area contributed by atoms with E-state index in [-0.39, 0.29) is 0 Å². The molecule has 1 nitrogen and oxygen atoms in total. The molecular formula is C18H20OSe. The van der Waals surface area contributed by atoms with E-state index in [4.69, 9.17) is 4.74 Å². The van der Waals surface area contributed by atoms with Gasteiger partial charge < -0.3 is 0 Å². The van der Waals surface area contributed by atoms with Crippen LogP contribution in [0.25, 0.3) is 0 Å². The van der Waals surface area contributed by atoms with Crippen molar-refractivity contribution in [2.75, 3.05) is 6.61 Å². The summed E-state index contributed by atoms with van der Waals surface area (Å²) in [4.78, 5) is 0.527. The molecule has 0 saturated carbocycles. The Morgan fingerprint density at radius 1 is 1.00 bits per heavy atom. The molecule has 0 fully saturated rings. The first-order valence-corrected chi connectivity index (χ1v) is 8.77. The number of allylic oxidation sites excluding steroid dienone is 1. The molecule has 2 aromatic carbocycles. The molecule has 0 aliphatic rings. The maximum absolute atomic E-state index is 5.37. The topological polar surface area (TPSA) is 9.23 Å². The Morgan fingerprint density at radius 2 is 1.65 bits per heavy atom. The van der Waals surface area contributed by atoms with Crippen LogP contribution >= 0.6 is 0 Å². The van der Waals surface area contributed by atoms with Crippen molar-refractivity contribution in [2.45, 2.75) is 18.2 Å². The zero-order valence-electron chi connectivity index (χ0n) is 11.7. The molecule has 2 aromatic rings. The minimum absolute atomic E-state index is 0.421. The van der Waals surface area contributed by atoms with Crippen LogP contribution in [0.5, 0.6) is 0 Å². The van der Waals surface area contributed by atoms with Crippen molar-refractivity contribution in [1.29, 1.82) is 0 Å². The SMILES string of the molecule is CCO/C=C\C(Cc1ccccc1)[Se]c1ccccc1. The molecular weight excluding hydrogens is 311 g/mol. The molecule has 0 spiro atoms. The summed E-state index contributed by atoms with van der Waals surface area (Å²) in [5.74, 6) is 0. The summed E-state index contributed by atoms with van der Waals surface area (Å²) < 4.78 is 6.80. The van der Waals surface area contributed by atoms with Gasteiger partial charge in [0.25, 0.3) is 0 Å². The molecule has 0 aliphatic heterocycles. The fourth-order valence-corrected chi connectivity index (χ4v) is 4.18. The predicted octanol–water partition coefficient (Wildman–Crippen LogP) is 3.60. The van der Waals surface area contributed by atoms with Crippen molar-refractivity contribution in [1.82, 2.24) is 0 Å². The van der Waals surface area contributed by atoms with Crippen LogP contribution in [0.3, 0.4) is 0 Å². The molecule has 1 atom stereocenters. The van der Waals surface area contributed by atoms with Gasteiger partial charge in [0.2, 0.25) is 0 Å². The Morgan fingerprint density at radius 3 is 2.30 bits per heavy atom. The predicted molar refractivity (Wildman–Crippen MR) is 86.5 cm³/mol. The maximum atomic E-state index is 5.37. The van der Waals surface area contributed by atoms with E-state index >= 15 is 0 Å². The zero-order valence-corrected chi connectivity index (χ0v) is 13.4. The fourth-order valence-electron chi connectivity index (χ4n) is 1.91. The molecule has 0 bridgehead atoms. The van der Waals surface area contributed by atoms with Crippen LogP contribution in [-0.2, 0) is 11.2 Å². The normalized spacial score (nSPS) is 12.4. The summed E-state index contributed by atoms with van der Waals surface area (Å²) in [6.07, 6.45) is 5.14. The number of hydrogen-bond donors (Lipinski definition) is 0. The molecule has 1 unspecified atom stereocenters.